The third-order valence-electron chi connectivity index (χ3n) is 2.14. The van der Waals surface area contributed by atoms with Gasteiger partial charge in [0.15, 0.2) is 0 Å². The Morgan fingerprint density at radius 3 is 2.76 bits per heavy atom. The molecule has 6 heteroatoms. The van der Waals surface area contributed by atoms with Crippen LogP contribution in [0, 0.1) is 6.92 Å². The summed E-state index contributed by atoms with van der Waals surface area (Å²) in [5, 5.41) is 0. The van der Waals surface area contributed by atoms with Gasteiger partial charge in [-0.3, -0.25) is 0 Å². The van der Waals surface area contributed by atoms with Gasteiger partial charge in [0.05, 0.1) is 0 Å². The van der Waals surface area contributed by atoms with Crippen LogP contribution in [0.25, 0.3) is 0 Å². The molecular formula is C11H9Br2N3O. The first-order valence-electron chi connectivity index (χ1n) is 4.78. The van der Waals surface area contributed by atoms with Gasteiger partial charge in [-0.1, -0.05) is 22.0 Å². The van der Waals surface area contributed by atoms with E-state index in [4.69, 9.17) is 10.5 Å². The summed E-state index contributed by atoms with van der Waals surface area (Å²) in [4.78, 5) is 7.88. The first-order valence-corrected chi connectivity index (χ1v) is 6.36. The van der Waals surface area contributed by atoms with Crippen molar-refractivity contribution >= 4 is 37.7 Å². The van der Waals surface area contributed by atoms with Crippen LogP contribution < -0.4 is 10.5 Å². The number of aromatic nitrogens is 2. The highest BCUT2D eigenvalue weighted by Crippen LogP contribution is 2.32. The summed E-state index contributed by atoms with van der Waals surface area (Å²) in [7, 11) is 0. The molecule has 0 unspecified atom stereocenters. The molecule has 2 N–H and O–H groups in total. The first kappa shape index (κ1) is 12.3. The van der Waals surface area contributed by atoms with E-state index in [-0.39, 0.29) is 0 Å². The smallest absolute Gasteiger partial charge is 0.238 e. The average molecular weight is 359 g/mol. The van der Waals surface area contributed by atoms with Gasteiger partial charge in [0.25, 0.3) is 0 Å². The molecule has 0 aliphatic carbocycles. The van der Waals surface area contributed by atoms with E-state index < -0.39 is 0 Å². The molecule has 2 rings (SSSR count). The van der Waals surface area contributed by atoms with Crippen LogP contribution >= 0.6 is 31.9 Å². The molecule has 1 aromatic carbocycles. The zero-order valence-electron chi connectivity index (χ0n) is 8.95. The van der Waals surface area contributed by atoms with Gasteiger partial charge in [-0.15, -0.1) is 0 Å². The van der Waals surface area contributed by atoms with Crippen LogP contribution in [-0.4, -0.2) is 9.97 Å². The zero-order valence-corrected chi connectivity index (χ0v) is 12.1. The van der Waals surface area contributed by atoms with E-state index >= 15 is 0 Å². The summed E-state index contributed by atoms with van der Waals surface area (Å²) in [6.07, 6.45) is 1.36. The fraction of sp³-hybridized carbons (Fsp3) is 0.0909. The third-order valence-corrected chi connectivity index (χ3v) is 3.38. The van der Waals surface area contributed by atoms with E-state index in [9.17, 15) is 0 Å². The third kappa shape index (κ3) is 2.76. The van der Waals surface area contributed by atoms with E-state index in [1.807, 2.05) is 25.1 Å². The molecule has 88 valence electrons. The summed E-state index contributed by atoms with van der Waals surface area (Å²) in [6, 6.07) is 5.78. The highest BCUT2D eigenvalue weighted by Gasteiger charge is 2.10. The van der Waals surface area contributed by atoms with Crippen molar-refractivity contribution in [3.05, 3.63) is 39.0 Å². The fourth-order valence-corrected chi connectivity index (χ4v) is 1.85. The highest BCUT2D eigenvalue weighted by molar-refractivity contribution is 9.11. The molecule has 0 aliphatic heterocycles. The number of rotatable bonds is 2. The van der Waals surface area contributed by atoms with Crippen molar-refractivity contribution in [2.75, 3.05) is 5.73 Å². The molecule has 17 heavy (non-hydrogen) atoms. The zero-order chi connectivity index (χ0) is 12.4. The fourth-order valence-electron chi connectivity index (χ4n) is 1.23. The molecule has 4 nitrogen and oxygen atoms in total. The van der Waals surface area contributed by atoms with E-state index in [1.54, 1.807) is 0 Å². The maximum Gasteiger partial charge on any atom is 0.238 e. The molecule has 0 atom stereocenters. The Morgan fingerprint density at radius 1 is 1.24 bits per heavy atom. The summed E-state index contributed by atoms with van der Waals surface area (Å²) in [5.41, 5.74) is 6.67. The topological polar surface area (TPSA) is 61.0 Å². The molecule has 0 spiro atoms. The Morgan fingerprint density at radius 2 is 2.00 bits per heavy atom. The van der Waals surface area contributed by atoms with Gasteiger partial charge in [0.2, 0.25) is 5.88 Å². The molecule has 0 saturated carbocycles. The predicted molar refractivity (Wildman–Crippen MR) is 73.1 cm³/mol. The minimum absolute atomic E-state index is 0.350. The molecule has 0 bridgehead atoms. The number of benzene rings is 1. The van der Waals surface area contributed by atoms with Crippen molar-refractivity contribution in [1.29, 1.82) is 0 Å². The standard InChI is InChI=1S/C11H9Br2N3O/c1-6-2-3-7(12)4-8(6)17-11-9(13)10(14)15-5-16-11/h2-5H,1H3,(H2,14,15,16). The lowest BCUT2D eigenvalue weighted by Gasteiger charge is -2.09. The Hall–Kier alpha value is -1.14. The molecule has 0 amide bonds. The van der Waals surface area contributed by atoms with Crippen molar-refractivity contribution in [2.45, 2.75) is 6.92 Å². The van der Waals surface area contributed by atoms with E-state index in [1.165, 1.54) is 6.33 Å². The van der Waals surface area contributed by atoms with Crippen molar-refractivity contribution in [3.63, 3.8) is 0 Å². The molecule has 1 aromatic heterocycles. The molecule has 0 radical (unpaired) electrons. The summed E-state index contributed by atoms with van der Waals surface area (Å²) in [6.45, 7) is 1.96. The van der Waals surface area contributed by atoms with Crippen LogP contribution in [0.5, 0.6) is 11.6 Å². The van der Waals surface area contributed by atoms with Crippen LogP contribution in [0.15, 0.2) is 33.5 Å². The Kier molecular flexibility index (Phi) is 3.63. The number of halogens is 2. The normalized spacial score (nSPS) is 10.3. The lowest BCUT2D eigenvalue weighted by molar-refractivity contribution is 0.455. The highest BCUT2D eigenvalue weighted by atomic mass is 79.9. The Bertz CT molecular complexity index is 560. The van der Waals surface area contributed by atoms with E-state index in [0.717, 1.165) is 15.8 Å². The number of anilines is 1. The molecule has 0 saturated heterocycles. The number of nitrogen functional groups attached to an aromatic ring is 1. The number of hydrogen-bond acceptors (Lipinski definition) is 4. The van der Waals surface area contributed by atoms with Gasteiger partial charge in [0.1, 0.15) is 22.4 Å². The molecule has 2 aromatic rings. The van der Waals surface area contributed by atoms with Crippen LogP contribution in [0.2, 0.25) is 0 Å². The molecular weight excluding hydrogens is 350 g/mol. The largest absolute Gasteiger partial charge is 0.437 e. The summed E-state index contributed by atoms with van der Waals surface area (Å²) < 4.78 is 7.19. The van der Waals surface area contributed by atoms with E-state index in [0.29, 0.717) is 16.2 Å². The number of nitrogens with zero attached hydrogens (tertiary/aromatic N) is 2. The van der Waals surface area contributed by atoms with Crippen molar-refractivity contribution < 1.29 is 4.74 Å². The Balaban J connectivity index is 2.38. The quantitative estimate of drug-likeness (QED) is 0.889. The van der Waals surface area contributed by atoms with Crippen molar-refractivity contribution in [1.82, 2.24) is 9.97 Å². The van der Waals surface area contributed by atoms with Gasteiger partial charge in [-0.25, -0.2) is 9.97 Å². The predicted octanol–water partition coefficient (Wildman–Crippen LogP) is 3.68. The minimum atomic E-state index is 0.350. The lowest BCUT2D eigenvalue weighted by atomic mass is 10.2. The van der Waals surface area contributed by atoms with Gasteiger partial charge in [0, 0.05) is 4.47 Å². The molecule has 1 heterocycles. The van der Waals surface area contributed by atoms with Gasteiger partial charge in [-0.2, -0.15) is 0 Å². The summed E-state index contributed by atoms with van der Waals surface area (Å²) >= 11 is 6.69. The lowest BCUT2D eigenvalue weighted by Crippen LogP contribution is -1.97. The van der Waals surface area contributed by atoms with Crippen molar-refractivity contribution in [3.8, 4) is 11.6 Å². The van der Waals surface area contributed by atoms with Crippen LogP contribution in [0.3, 0.4) is 0 Å². The van der Waals surface area contributed by atoms with Crippen molar-refractivity contribution in [2.24, 2.45) is 0 Å². The maximum atomic E-state index is 5.69. The van der Waals surface area contributed by atoms with Gasteiger partial charge < -0.3 is 10.5 Å². The second kappa shape index (κ2) is 5.01. The van der Waals surface area contributed by atoms with Crippen LogP contribution in [-0.2, 0) is 0 Å². The van der Waals surface area contributed by atoms with Crippen LogP contribution in [0.1, 0.15) is 5.56 Å². The summed E-state index contributed by atoms with van der Waals surface area (Å²) in [5.74, 6) is 1.47. The maximum absolute atomic E-state index is 5.69. The SMILES string of the molecule is Cc1ccc(Br)cc1Oc1ncnc(N)c1Br. The van der Waals surface area contributed by atoms with Gasteiger partial charge >= 0.3 is 0 Å². The Labute approximate surface area is 115 Å². The van der Waals surface area contributed by atoms with Gasteiger partial charge in [-0.05, 0) is 40.5 Å². The minimum Gasteiger partial charge on any atom is -0.437 e. The number of ether oxygens (including phenoxy) is 1. The number of aryl methyl sites for hydroxylation is 1. The first-order chi connectivity index (χ1) is 8.08. The number of nitrogens with two attached hydrogens (primary N) is 1. The molecule has 0 aliphatic rings. The van der Waals surface area contributed by atoms with Crippen LogP contribution in [0.4, 0.5) is 5.82 Å². The molecule has 0 fully saturated rings. The van der Waals surface area contributed by atoms with E-state index in [2.05, 4.69) is 41.8 Å². The monoisotopic (exact) mass is 357 g/mol. The second-order valence-corrected chi connectivity index (χ2v) is 5.10. The number of hydrogen-bond donors (Lipinski definition) is 1. The average Bonchev–Trinajstić information content (AvgIpc) is 2.30. The second-order valence-electron chi connectivity index (χ2n) is 3.39.